The van der Waals surface area contributed by atoms with Gasteiger partial charge in [0.2, 0.25) is 0 Å². The molecule has 372 valence electrons. The molecule has 6 heteroatoms. The van der Waals surface area contributed by atoms with E-state index in [0.717, 1.165) is 64.2 Å². The largest absolute Gasteiger partial charge is 0.462 e. The summed E-state index contributed by atoms with van der Waals surface area (Å²) in [6, 6.07) is 0. The lowest BCUT2D eigenvalue weighted by Crippen LogP contribution is -2.30. The fourth-order valence-corrected chi connectivity index (χ4v) is 8.50. The van der Waals surface area contributed by atoms with Crippen LogP contribution in [0.4, 0.5) is 0 Å². The van der Waals surface area contributed by atoms with Crippen LogP contribution in [0.1, 0.15) is 316 Å². The highest BCUT2D eigenvalue weighted by Gasteiger charge is 2.19. The molecule has 0 saturated carbocycles. The van der Waals surface area contributed by atoms with Gasteiger partial charge in [0.15, 0.2) is 6.10 Å². The van der Waals surface area contributed by atoms with Gasteiger partial charge in [-0.2, -0.15) is 0 Å². The molecule has 0 N–H and O–H groups in total. The first-order chi connectivity index (χ1) is 31.0. The van der Waals surface area contributed by atoms with E-state index in [9.17, 15) is 14.4 Å². The summed E-state index contributed by atoms with van der Waals surface area (Å²) in [7, 11) is 0. The summed E-state index contributed by atoms with van der Waals surface area (Å²) in [5, 5.41) is 0. The highest BCUT2D eigenvalue weighted by atomic mass is 16.6. The van der Waals surface area contributed by atoms with Crippen molar-refractivity contribution < 1.29 is 28.6 Å². The molecule has 0 rings (SSSR count). The van der Waals surface area contributed by atoms with Crippen LogP contribution in [0.25, 0.3) is 0 Å². The molecule has 0 bridgehead atoms. The van der Waals surface area contributed by atoms with E-state index in [-0.39, 0.29) is 31.1 Å². The molecule has 0 saturated heterocycles. The lowest BCUT2D eigenvalue weighted by atomic mass is 10.0. The summed E-state index contributed by atoms with van der Waals surface area (Å²) in [5.41, 5.74) is 0. The average molecular weight is 889 g/mol. The van der Waals surface area contributed by atoms with Crippen molar-refractivity contribution in [3.05, 3.63) is 12.2 Å². The summed E-state index contributed by atoms with van der Waals surface area (Å²) in [5.74, 6) is -0.854. The van der Waals surface area contributed by atoms with Gasteiger partial charge in [0, 0.05) is 19.3 Å². The van der Waals surface area contributed by atoms with Gasteiger partial charge in [-0.05, 0) is 44.9 Å². The Morgan fingerprint density at radius 2 is 0.524 bits per heavy atom. The molecule has 0 radical (unpaired) electrons. The third-order valence-corrected chi connectivity index (χ3v) is 12.8. The summed E-state index contributed by atoms with van der Waals surface area (Å²) in [4.78, 5) is 38.1. The van der Waals surface area contributed by atoms with Crippen LogP contribution in [-0.2, 0) is 28.6 Å². The average Bonchev–Trinajstić information content (AvgIpc) is 3.28. The number of carbonyl (C=O) groups excluding carboxylic acids is 3. The van der Waals surface area contributed by atoms with Gasteiger partial charge in [0.05, 0.1) is 0 Å². The standard InChI is InChI=1S/C57H108O6/c1-4-7-10-13-16-19-22-25-27-29-31-32-35-38-41-44-47-50-56(59)62-53-54(52-61-55(58)49-46-43-40-37-34-24-21-18-15-12-9-6-3)63-57(60)51-48-45-42-39-36-33-30-28-26-23-20-17-14-11-8-5-2/h28,30,54H,4-27,29,31-53H2,1-3H3/b30-28-. The molecule has 0 fully saturated rings. The topological polar surface area (TPSA) is 78.9 Å². The maximum absolute atomic E-state index is 12.8. The predicted molar refractivity (Wildman–Crippen MR) is 270 cm³/mol. The second-order valence-corrected chi connectivity index (χ2v) is 19.2. The summed E-state index contributed by atoms with van der Waals surface area (Å²) in [6.45, 7) is 6.68. The second-order valence-electron chi connectivity index (χ2n) is 19.2. The number of carbonyl (C=O) groups is 3. The summed E-state index contributed by atoms with van der Waals surface area (Å²) < 4.78 is 16.9. The SMILES string of the molecule is CCCCCCCCC/C=C\CCCCCCCC(=O)OC(COC(=O)CCCCCCCCCCCCCC)COC(=O)CCCCCCCCCCCCCCCCCCC. The van der Waals surface area contributed by atoms with Crippen LogP contribution in [0.5, 0.6) is 0 Å². The Bertz CT molecular complexity index is 978. The molecule has 0 amide bonds. The quantitative estimate of drug-likeness (QED) is 0.0262. The number of esters is 3. The van der Waals surface area contributed by atoms with Crippen LogP contribution in [0.2, 0.25) is 0 Å². The molecular formula is C57H108O6. The Hall–Kier alpha value is -1.85. The minimum Gasteiger partial charge on any atom is -0.462 e. The van der Waals surface area contributed by atoms with Gasteiger partial charge in [0.1, 0.15) is 13.2 Å². The van der Waals surface area contributed by atoms with E-state index in [1.807, 2.05) is 0 Å². The van der Waals surface area contributed by atoms with E-state index in [0.29, 0.717) is 19.3 Å². The van der Waals surface area contributed by atoms with E-state index in [4.69, 9.17) is 14.2 Å². The normalized spacial score (nSPS) is 12.0. The van der Waals surface area contributed by atoms with Crippen LogP contribution in [-0.4, -0.2) is 37.2 Å². The Morgan fingerprint density at radius 1 is 0.302 bits per heavy atom. The fraction of sp³-hybridized carbons (Fsp3) is 0.912. The highest BCUT2D eigenvalue weighted by Crippen LogP contribution is 2.17. The fourth-order valence-electron chi connectivity index (χ4n) is 8.50. The third kappa shape index (κ3) is 51.0. The summed E-state index contributed by atoms with van der Waals surface area (Å²) >= 11 is 0. The van der Waals surface area contributed by atoms with Crippen LogP contribution in [0.3, 0.4) is 0 Å². The van der Waals surface area contributed by atoms with Gasteiger partial charge in [-0.3, -0.25) is 14.4 Å². The smallest absolute Gasteiger partial charge is 0.306 e. The van der Waals surface area contributed by atoms with Crippen molar-refractivity contribution in [2.75, 3.05) is 13.2 Å². The Labute approximate surface area is 392 Å². The second kappa shape index (κ2) is 52.8. The maximum atomic E-state index is 12.8. The number of hydrogen-bond donors (Lipinski definition) is 0. The minimum absolute atomic E-state index is 0.0676. The zero-order chi connectivity index (χ0) is 45.8. The van der Waals surface area contributed by atoms with Crippen molar-refractivity contribution in [1.82, 2.24) is 0 Å². The van der Waals surface area contributed by atoms with Gasteiger partial charge in [-0.15, -0.1) is 0 Å². The minimum atomic E-state index is -0.768. The number of allylic oxidation sites excluding steroid dienone is 2. The van der Waals surface area contributed by atoms with Crippen LogP contribution in [0.15, 0.2) is 12.2 Å². The van der Waals surface area contributed by atoms with E-state index in [1.54, 1.807) is 0 Å². The van der Waals surface area contributed by atoms with Gasteiger partial charge < -0.3 is 14.2 Å². The molecule has 0 aliphatic carbocycles. The maximum Gasteiger partial charge on any atom is 0.306 e. The monoisotopic (exact) mass is 889 g/mol. The molecule has 6 nitrogen and oxygen atoms in total. The number of hydrogen-bond acceptors (Lipinski definition) is 6. The van der Waals surface area contributed by atoms with Crippen LogP contribution >= 0.6 is 0 Å². The number of rotatable bonds is 52. The lowest BCUT2D eigenvalue weighted by molar-refractivity contribution is -0.167. The van der Waals surface area contributed by atoms with Gasteiger partial charge in [-0.25, -0.2) is 0 Å². The van der Waals surface area contributed by atoms with Crippen LogP contribution < -0.4 is 0 Å². The Kier molecular flexibility index (Phi) is 51.2. The van der Waals surface area contributed by atoms with Crippen molar-refractivity contribution in [1.29, 1.82) is 0 Å². The lowest BCUT2D eigenvalue weighted by Gasteiger charge is -2.18. The van der Waals surface area contributed by atoms with Crippen LogP contribution in [0, 0.1) is 0 Å². The molecule has 63 heavy (non-hydrogen) atoms. The highest BCUT2D eigenvalue weighted by molar-refractivity contribution is 5.71. The zero-order valence-corrected chi connectivity index (χ0v) is 42.6. The van der Waals surface area contributed by atoms with E-state index >= 15 is 0 Å². The van der Waals surface area contributed by atoms with E-state index in [1.165, 1.54) is 212 Å². The zero-order valence-electron chi connectivity index (χ0n) is 42.6. The van der Waals surface area contributed by atoms with Crippen molar-refractivity contribution in [3.8, 4) is 0 Å². The van der Waals surface area contributed by atoms with Crippen molar-refractivity contribution in [2.45, 2.75) is 322 Å². The molecule has 0 aliphatic rings. The van der Waals surface area contributed by atoms with E-state index in [2.05, 4.69) is 32.9 Å². The Morgan fingerprint density at radius 3 is 0.794 bits per heavy atom. The number of unbranched alkanes of at least 4 members (excludes halogenated alkanes) is 39. The molecule has 0 heterocycles. The van der Waals surface area contributed by atoms with Crippen molar-refractivity contribution in [2.24, 2.45) is 0 Å². The molecule has 0 aromatic heterocycles. The molecule has 0 spiro atoms. The first-order valence-corrected chi connectivity index (χ1v) is 28.2. The van der Waals surface area contributed by atoms with Crippen molar-refractivity contribution in [3.63, 3.8) is 0 Å². The van der Waals surface area contributed by atoms with Gasteiger partial charge >= 0.3 is 17.9 Å². The molecular weight excluding hydrogens is 781 g/mol. The third-order valence-electron chi connectivity index (χ3n) is 12.8. The van der Waals surface area contributed by atoms with E-state index < -0.39 is 6.10 Å². The molecule has 0 aromatic carbocycles. The first-order valence-electron chi connectivity index (χ1n) is 28.2. The molecule has 0 aromatic rings. The molecule has 1 atom stereocenters. The first kappa shape index (κ1) is 61.1. The summed E-state index contributed by atoms with van der Waals surface area (Å²) in [6.07, 6.45) is 59.1. The molecule has 0 aliphatic heterocycles. The molecule has 1 unspecified atom stereocenters. The number of ether oxygens (including phenoxy) is 3. The predicted octanol–water partition coefficient (Wildman–Crippen LogP) is 18.5. The van der Waals surface area contributed by atoms with Crippen molar-refractivity contribution >= 4 is 17.9 Å². The Balaban J connectivity index is 4.31. The van der Waals surface area contributed by atoms with Gasteiger partial charge in [0.25, 0.3) is 0 Å². The van der Waals surface area contributed by atoms with Gasteiger partial charge in [-0.1, -0.05) is 264 Å².